The fourth-order valence-electron chi connectivity index (χ4n) is 2.16. The predicted octanol–water partition coefficient (Wildman–Crippen LogP) is 1.29. The summed E-state index contributed by atoms with van der Waals surface area (Å²) in [5, 5.41) is 1.50. The minimum absolute atomic E-state index is 0.111. The number of hydrogen-bond donors (Lipinski definition) is 0. The maximum absolute atomic E-state index is 12.0. The number of carbonyl (C=O) groups excluding carboxylic acids is 1. The van der Waals surface area contributed by atoms with Crippen LogP contribution in [0, 0.1) is 0 Å². The van der Waals surface area contributed by atoms with Gasteiger partial charge in [0.05, 0.1) is 16.7 Å². The lowest BCUT2D eigenvalue weighted by molar-refractivity contribution is 0.0905. The van der Waals surface area contributed by atoms with E-state index < -0.39 is 10.0 Å². The van der Waals surface area contributed by atoms with Gasteiger partial charge in [0.2, 0.25) is 10.0 Å². The third-order valence-corrected chi connectivity index (χ3v) is 6.64. The lowest BCUT2D eigenvalue weighted by Crippen LogP contribution is -2.51. The van der Waals surface area contributed by atoms with Gasteiger partial charge in [0, 0.05) is 26.2 Å². The summed E-state index contributed by atoms with van der Waals surface area (Å²) in [6.45, 7) is 5.93. The molecule has 2 heterocycles. The number of rotatable bonds is 5. The first-order valence-electron chi connectivity index (χ1n) is 6.69. The van der Waals surface area contributed by atoms with E-state index in [0.717, 1.165) is 4.88 Å². The SMILES string of the molecule is CC(C)S(=O)(=O)N1CCN(CC(=O)c2cccs2)CC1. The Balaban J connectivity index is 1.88. The van der Waals surface area contributed by atoms with Gasteiger partial charge >= 0.3 is 0 Å². The predicted molar refractivity (Wildman–Crippen MR) is 80.7 cm³/mol. The maximum Gasteiger partial charge on any atom is 0.216 e. The number of sulfonamides is 1. The van der Waals surface area contributed by atoms with Gasteiger partial charge in [0.15, 0.2) is 5.78 Å². The van der Waals surface area contributed by atoms with E-state index in [1.54, 1.807) is 13.8 Å². The van der Waals surface area contributed by atoms with E-state index in [1.807, 2.05) is 22.4 Å². The molecule has 1 aromatic rings. The third kappa shape index (κ3) is 3.46. The van der Waals surface area contributed by atoms with Gasteiger partial charge in [-0.25, -0.2) is 8.42 Å². The van der Waals surface area contributed by atoms with Crippen molar-refractivity contribution in [1.29, 1.82) is 0 Å². The van der Waals surface area contributed by atoms with E-state index in [4.69, 9.17) is 0 Å². The van der Waals surface area contributed by atoms with Crippen molar-refractivity contribution in [2.75, 3.05) is 32.7 Å². The molecule has 0 bridgehead atoms. The second-order valence-corrected chi connectivity index (χ2v) is 8.61. The third-order valence-electron chi connectivity index (χ3n) is 3.45. The zero-order valence-electron chi connectivity index (χ0n) is 11.8. The minimum atomic E-state index is -3.17. The summed E-state index contributed by atoms with van der Waals surface area (Å²) in [5.41, 5.74) is 0. The lowest BCUT2D eigenvalue weighted by Gasteiger charge is -2.34. The summed E-state index contributed by atoms with van der Waals surface area (Å²) >= 11 is 1.45. The molecular formula is C13H20N2O3S2. The summed E-state index contributed by atoms with van der Waals surface area (Å²) in [6.07, 6.45) is 0. The molecule has 2 rings (SSSR count). The Hall–Kier alpha value is -0.760. The Morgan fingerprint density at radius 1 is 1.30 bits per heavy atom. The highest BCUT2D eigenvalue weighted by atomic mass is 32.2. The molecule has 1 aromatic heterocycles. The molecule has 1 aliphatic rings. The summed E-state index contributed by atoms with van der Waals surface area (Å²) in [5.74, 6) is 0.111. The monoisotopic (exact) mass is 316 g/mol. The molecule has 0 aromatic carbocycles. The van der Waals surface area contributed by atoms with Crippen molar-refractivity contribution in [2.24, 2.45) is 0 Å². The number of hydrogen-bond acceptors (Lipinski definition) is 5. The van der Waals surface area contributed by atoms with Crippen molar-refractivity contribution in [1.82, 2.24) is 9.21 Å². The van der Waals surface area contributed by atoms with Crippen LogP contribution in [0.25, 0.3) is 0 Å². The Kier molecular flexibility index (Phi) is 4.95. The fraction of sp³-hybridized carbons (Fsp3) is 0.615. The normalized spacial score (nSPS) is 18.6. The summed E-state index contributed by atoms with van der Waals surface area (Å²) < 4.78 is 25.6. The Morgan fingerprint density at radius 3 is 2.45 bits per heavy atom. The van der Waals surface area contributed by atoms with Crippen molar-refractivity contribution in [3.63, 3.8) is 0 Å². The van der Waals surface area contributed by atoms with Gasteiger partial charge in [-0.2, -0.15) is 4.31 Å². The highest BCUT2D eigenvalue weighted by molar-refractivity contribution is 7.89. The Labute approximate surface area is 124 Å². The van der Waals surface area contributed by atoms with Gasteiger partial charge in [-0.15, -0.1) is 11.3 Å². The maximum atomic E-state index is 12.0. The van der Waals surface area contributed by atoms with Crippen LogP contribution < -0.4 is 0 Å². The largest absolute Gasteiger partial charge is 0.293 e. The number of ketones is 1. The molecule has 1 aliphatic heterocycles. The van der Waals surface area contributed by atoms with Gasteiger partial charge in [-0.1, -0.05) is 6.07 Å². The molecule has 1 fully saturated rings. The van der Waals surface area contributed by atoms with Crippen molar-refractivity contribution >= 4 is 27.1 Å². The molecule has 1 saturated heterocycles. The van der Waals surface area contributed by atoms with Crippen LogP contribution >= 0.6 is 11.3 Å². The lowest BCUT2D eigenvalue weighted by atomic mass is 10.2. The van der Waals surface area contributed by atoms with Crippen LogP contribution in [0.5, 0.6) is 0 Å². The van der Waals surface area contributed by atoms with E-state index >= 15 is 0 Å². The average molecular weight is 316 g/mol. The van der Waals surface area contributed by atoms with Crippen molar-refractivity contribution < 1.29 is 13.2 Å². The molecule has 0 atom stereocenters. The molecule has 5 nitrogen and oxygen atoms in total. The van der Waals surface area contributed by atoms with Gasteiger partial charge in [0.1, 0.15) is 0 Å². The first-order valence-corrected chi connectivity index (χ1v) is 9.07. The smallest absolute Gasteiger partial charge is 0.216 e. The number of thiophene rings is 1. The van der Waals surface area contributed by atoms with E-state index in [0.29, 0.717) is 32.7 Å². The number of carbonyl (C=O) groups is 1. The van der Waals surface area contributed by atoms with Crippen LogP contribution in [0.15, 0.2) is 17.5 Å². The molecule has 0 saturated carbocycles. The minimum Gasteiger partial charge on any atom is -0.293 e. The zero-order chi connectivity index (χ0) is 14.8. The van der Waals surface area contributed by atoms with Crippen molar-refractivity contribution in [3.05, 3.63) is 22.4 Å². The number of piperazine rings is 1. The highest BCUT2D eigenvalue weighted by Gasteiger charge is 2.29. The van der Waals surface area contributed by atoms with E-state index in [2.05, 4.69) is 0 Å². The topological polar surface area (TPSA) is 57.7 Å². The number of nitrogens with zero attached hydrogens (tertiary/aromatic N) is 2. The summed E-state index contributed by atoms with van der Waals surface area (Å²) in [6, 6.07) is 3.69. The standard InChI is InChI=1S/C13H20N2O3S2/c1-11(2)20(17,18)15-7-5-14(6-8-15)10-12(16)13-4-3-9-19-13/h3-4,9,11H,5-8,10H2,1-2H3. The highest BCUT2D eigenvalue weighted by Crippen LogP contribution is 2.14. The van der Waals surface area contributed by atoms with Gasteiger partial charge < -0.3 is 0 Å². The second-order valence-electron chi connectivity index (χ2n) is 5.17. The van der Waals surface area contributed by atoms with Crippen LogP contribution in [0.1, 0.15) is 23.5 Å². The van der Waals surface area contributed by atoms with E-state index in [9.17, 15) is 13.2 Å². The molecule has 0 unspecified atom stereocenters. The molecule has 7 heteroatoms. The quantitative estimate of drug-likeness (QED) is 0.768. The molecule has 0 radical (unpaired) electrons. The van der Waals surface area contributed by atoms with E-state index in [1.165, 1.54) is 15.6 Å². The van der Waals surface area contributed by atoms with Crippen LogP contribution in [-0.2, 0) is 10.0 Å². The average Bonchev–Trinajstić information content (AvgIpc) is 2.93. The van der Waals surface area contributed by atoms with Crippen LogP contribution in [-0.4, -0.2) is 61.4 Å². The van der Waals surface area contributed by atoms with Crippen molar-refractivity contribution in [3.8, 4) is 0 Å². The first kappa shape index (κ1) is 15.6. The molecule has 0 spiro atoms. The summed E-state index contributed by atoms with van der Waals surface area (Å²) in [4.78, 5) is 14.8. The molecule has 0 amide bonds. The molecule has 20 heavy (non-hydrogen) atoms. The number of Topliss-reactive ketones (excluding diaryl/α,β-unsaturated/α-hetero) is 1. The second kappa shape index (κ2) is 6.34. The van der Waals surface area contributed by atoms with Crippen molar-refractivity contribution in [2.45, 2.75) is 19.1 Å². The van der Waals surface area contributed by atoms with Crippen LogP contribution in [0.2, 0.25) is 0 Å². The van der Waals surface area contributed by atoms with Gasteiger partial charge in [0.25, 0.3) is 0 Å². The van der Waals surface area contributed by atoms with E-state index in [-0.39, 0.29) is 11.0 Å². The fourth-order valence-corrected chi connectivity index (χ4v) is 4.08. The van der Waals surface area contributed by atoms with Crippen LogP contribution in [0.4, 0.5) is 0 Å². The zero-order valence-corrected chi connectivity index (χ0v) is 13.4. The molecule has 0 N–H and O–H groups in total. The molecular weight excluding hydrogens is 296 g/mol. The van der Waals surface area contributed by atoms with Crippen LogP contribution in [0.3, 0.4) is 0 Å². The Bertz CT molecular complexity index is 544. The van der Waals surface area contributed by atoms with Gasteiger partial charge in [-0.3, -0.25) is 9.69 Å². The Morgan fingerprint density at radius 2 is 1.95 bits per heavy atom. The summed E-state index contributed by atoms with van der Waals surface area (Å²) in [7, 11) is -3.17. The first-order chi connectivity index (χ1) is 9.41. The van der Waals surface area contributed by atoms with Gasteiger partial charge in [-0.05, 0) is 25.3 Å². The molecule has 112 valence electrons. The molecule has 0 aliphatic carbocycles.